The maximum absolute atomic E-state index is 6.12. The van der Waals surface area contributed by atoms with Crippen molar-refractivity contribution in [3.05, 3.63) is 35.4 Å². The number of hydrogen-bond acceptors (Lipinski definition) is 1. The van der Waals surface area contributed by atoms with Crippen LogP contribution in [0.1, 0.15) is 56.6 Å². The molecule has 1 saturated carbocycles. The highest BCUT2D eigenvalue weighted by molar-refractivity contribution is 5.30. The minimum Gasteiger partial charge on any atom is -0.322 e. The highest BCUT2D eigenvalue weighted by atomic mass is 14.7. The molecule has 0 unspecified atom stereocenters. The Kier molecular flexibility index (Phi) is 2.83. The van der Waals surface area contributed by atoms with E-state index in [0.717, 1.165) is 5.92 Å². The van der Waals surface area contributed by atoms with Crippen molar-refractivity contribution in [2.24, 2.45) is 5.73 Å². The summed E-state index contributed by atoms with van der Waals surface area (Å²) in [5.41, 5.74) is 8.66. The van der Waals surface area contributed by atoms with E-state index in [1.807, 2.05) is 0 Å². The quantitative estimate of drug-likeness (QED) is 0.781. The first-order valence-electron chi connectivity index (χ1n) is 5.97. The lowest BCUT2D eigenvalue weighted by molar-refractivity contribution is 0.552. The maximum Gasteiger partial charge on any atom is 0.0352 e. The molecule has 1 aromatic carbocycles. The van der Waals surface area contributed by atoms with Crippen LogP contribution in [-0.2, 0) is 5.54 Å². The predicted molar refractivity (Wildman–Crippen MR) is 64.9 cm³/mol. The number of nitrogens with two attached hydrogens (primary N) is 1. The van der Waals surface area contributed by atoms with Gasteiger partial charge in [-0.05, 0) is 43.7 Å². The van der Waals surface area contributed by atoms with E-state index in [-0.39, 0.29) is 5.54 Å². The Balaban J connectivity index is 2.26. The van der Waals surface area contributed by atoms with Crippen molar-refractivity contribution in [1.29, 1.82) is 0 Å². The van der Waals surface area contributed by atoms with Gasteiger partial charge in [0.15, 0.2) is 0 Å². The molecule has 15 heavy (non-hydrogen) atoms. The monoisotopic (exact) mass is 203 g/mol. The molecule has 0 saturated heterocycles. The van der Waals surface area contributed by atoms with E-state index in [9.17, 15) is 0 Å². The summed E-state index contributed by atoms with van der Waals surface area (Å²) in [7, 11) is 0. The van der Waals surface area contributed by atoms with Gasteiger partial charge in [0.05, 0.1) is 0 Å². The van der Waals surface area contributed by atoms with Crippen LogP contribution in [0.3, 0.4) is 0 Å². The third-order valence-electron chi connectivity index (χ3n) is 3.46. The van der Waals surface area contributed by atoms with Crippen molar-refractivity contribution < 1.29 is 0 Å². The second kappa shape index (κ2) is 3.97. The third kappa shape index (κ3) is 2.40. The molecule has 0 aliphatic heterocycles. The predicted octanol–water partition coefficient (Wildman–Crippen LogP) is 3.54. The van der Waals surface area contributed by atoms with E-state index in [1.165, 1.54) is 36.8 Å². The molecule has 0 spiro atoms. The minimum atomic E-state index is -0.214. The second-order valence-electron chi connectivity index (χ2n) is 5.33. The van der Waals surface area contributed by atoms with Crippen LogP contribution in [0, 0.1) is 0 Å². The van der Waals surface area contributed by atoms with Gasteiger partial charge in [-0.3, -0.25) is 0 Å². The van der Waals surface area contributed by atoms with E-state index < -0.39 is 0 Å². The van der Waals surface area contributed by atoms with Crippen LogP contribution in [0.15, 0.2) is 24.3 Å². The number of rotatable bonds is 2. The summed E-state index contributed by atoms with van der Waals surface area (Å²) in [6.45, 7) is 4.14. The first kappa shape index (κ1) is 10.7. The Hall–Kier alpha value is -0.820. The zero-order chi connectivity index (χ0) is 10.9. The average molecular weight is 203 g/mol. The van der Waals surface area contributed by atoms with Crippen LogP contribution >= 0.6 is 0 Å². The van der Waals surface area contributed by atoms with Gasteiger partial charge in [0.2, 0.25) is 0 Å². The Morgan fingerprint density at radius 2 is 1.87 bits per heavy atom. The van der Waals surface area contributed by atoms with Gasteiger partial charge in [0.25, 0.3) is 0 Å². The molecule has 1 aromatic rings. The molecular weight excluding hydrogens is 182 g/mol. The van der Waals surface area contributed by atoms with E-state index in [1.54, 1.807) is 0 Å². The number of hydrogen-bond donors (Lipinski definition) is 1. The van der Waals surface area contributed by atoms with Crippen molar-refractivity contribution >= 4 is 0 Å². The largest absolute Gasteiger partial charge is 0.322 e. The molecule has 1 aliphatic rings. The van der Waals surface area contributed by atoms with Crippen molar-refractivity contribution in [1.82, 2.24) is 0 Å². The fourth-order valence-electron chi connectivity index (χ4n) is 2.45. The first-order valence-corrected chi connectivity index (χ1v) is 5.97. The summed E-state index contributed by atoms with van der Waals surface area (Å²) in [5.74, 6) is 0.785. The van der Waals surface area contributed by atoms with Crippen molar-refractivity contribution in [3.8, 4) is 0 Å². The van der Waals surface area contributed by atoms with Crippen molar-refractivity contribution in [2.45, 2.75) is 51.0 Å². The lowest BCUT2D eigenvalue weighted by Crippen LogP contribution is -2.28. The molecule has 0 aromatic heterocycles. The van der Waals surface area contributed by atoms with Gasteiger partial charge in [0.1, 0.15) is 0 Å². The standard InChI is InChI=1S/C14H21N/c1-14(2,15)13-9-5-8-12(10-13)11-6-3-4-7-11/h5,8-11H,3-4,6-7,15H2,1-2H3. The van der Waals surface area contributed by atoms with Gasteiger partial charge >= 0.3 is 0 Å². The number of benzene rings is 1. The van der Waals surface area contributed by atoms with Crippen LogP contribution in [0.5, 0.6) is 0 Å². The highest BCUT2D eigenvalue weighted by Crippen LogP contribution is 2.35. The SMILES string of the molecule is CC(C)(N)c1cccc(C2CCCC2)c1. The highest BCUT2D eigenvalue weighted by Gasteiger charge is 2.19. The maximum atomic E-state index is 6.12. The van der Waals surface area contributed by atoms with Crippen LogP contribution in [0.2, 0.25) is 0 Å². The summed E-state index contributed by atoms with van der Waals surface area (Å²) >= 11 is 0. The Bertz CT molecular complexity index is 329. The third-order valence-corrected chi connectivity index (χ3v) is 3.46. The smallest absolute Gasteiger partial charge is 0.0352 e. The Labute approximate surface area is 92.7 Å². The molecule has 0 heterocycles. The molecule has 2 rings (SSSR count). The van der Waals surface area contributed by atoms with Crippen LogP contribution < -0.4 is 5.73 Å². The van der Waals surface area contributed by atoms with Gasteiger partial charge in [-0.15, -0.1) is 0 Å². The molecule has 2 N–H and O–H groups in total. The van der Waals surface area contributed by atoms with Gasteiger partial charge < -0.3 is 5.73 Å². The topological polar surface area (TPSA) is 26.0 Å². The normalized spacial score (nSPS) is 18.3. The molecule has 0 bridgehead atoms. The molecular formula is C14H21N. The fourth-order valence-corrected chi connectivity index (χ4v) is 2.45. The molecule has 1 heteroatoms. The Morgan fingerprint density at radius 1 is 1.20 bits per heavy atom. The van der Waals surface area contributed by atoms with E-state index >= 15 is 0 Å². The first-order chi connectivity index (χ1) is 7.07. The van der Waals surface area contributed by atoms with E-state index in [2.05, 4.69) is 38.1 Å². The zero-order valence-corrected chi connectivity index (χ0v) is 9.79. The zero-order valence-electron chi connectivity index (χ0n) is 9.79. The fraction of sp³-hybridized carbons (Fsp3) is 0.571. The molecule has 0 atom stereocenters. The summed E-state index contributed by atoms with van der Waals surface area (Å²) in [6.07, 6.45) is 5.49. The van der Waals surface area contributed by atoms with Crippen LogP contribution in [0.4, 0.5) is 0 Å². The molecule has 1 aliphatic carbocycles. The van der Waals surface area contributed by atoms with Gasteiger partial charge in [0, 0.05) is 5.54 Å². The molecule has 0 radical (unpaired) electrons. The average Bonchev–Trinajstić information content (AvgIpc) is 2.69. The lowest BCUT2D eigenvalue weighted by Gasteiger charge is -2.21. The van der Waals surface area contributed by atoms with E-state index in [4.69, 9.17) is 5.73 Å². The van der Waals surface area contributed by atoms with Gasteiger partial charge in [-0.2, -0.15) is 0 Å². The van der Waals surface area contributed by atoms with Gasteiger partial charge in [-0.1, -0.05) is 37.1 Å². The molecule has 0 amide bonds. The summed E-state index contributed by atoms with van der Waals surface area (Å²) < 4.78 is 0. The summed E-state index contributed by atoms with van der Waals surface area (Å²) in [6, 6.07) is 8.84. The lowest BCUT2D eigenvalue weighted by atomic mass is 9.90. The second-order valence-corrected chi connectivity index (χ2v) is 5.33. The van der Waals surface area contributed by atoms with Crippen molar-refractivity contribution in [3.63, 3.8) is 0 Å². The minimum absolute atomic E-state index is 0.214. The molecule has 82 valence electrons. The molecule has 1 nitrogen and oxygen atoms in total. The van der Waals surface area contributed by atoms with Crippen molar-refractivity contribution in [2.75, 3.05) is 0 Å². The van der Waals surface area contributed by atoms with Crippen LogP contribution in [0.25, 0.3) is 0 Å². The summed E-state index contributed by atoms with van der Waals surface area (Å²) in [4.78, 5) is 0. The van der Waals surface area contributed by atoms with Gasteiger partial charge in [-0.25, -0.2) is 0 Å². The Morgan fingerprint density at radius 3 is 2.47 bits per heavy atom. The molecule has 1 fully saturated rings. The van der Waals surface area contributed by atoms with Crippen LogP contribution in [-0.4, -0.2) is 0 Å². The summed E-state index contributed by atoms with van der Waals surface area (Å²) in [5, 5.41) is 0. The van der Waals surface area contributed by atoms with E-state index in [0.29, 0.717) is 0 Å².